The van der Waals surface area contributed by atoms with Crippen LogP contribution in [-0.2, 0) is 30.3 Å². The Bertz CT molecular complexity index is 884. The number of ether oxygens (including phenoxy) is 4. The third-order valence-corrected chi connectivity index (χ3v) is 5.29. The van der Waals surface area contributed by atoms with Gasteiger partial charge in [0.05, 0.1) is 13.2 Å². The van der Waals surface area contributed by atoms with E-state index in [1.165, 1.54) is 6.92 Å². The van der Waals surface area contributed by atoms with Gasteiger partial charge in [0.15, 0.2) is 12.1 Å². The maximum Gasteiger partial charge on any atom is 0.217 e. The van der Waals surface area contributed by atoms with Crippen molar-refractivity contribution >= 4 is 16.7 Å². The highest BCUT2D eigenvalue weighted by molar-refractivity contribution is 5.82. The van der Waals surface area contributed by atoms with Crippen LogP contribution in [0.4, 0.5) is 0 Å². The molecule has 2 aromatic carbocycles. The van der Waals surface area contributed by atoms with E-state index in [0.29, 0.717) is 0 Å². The minimum Gasteiger partial charge on any atom is -0.388 e. The SMILES string of the molecule is CC(=O)N[C@@H]1[C@H](OCc2ccc3ccccc3c2)O[C@@H]2COC(C)(C)O[C@H]2[C@H]1O. The first-order valence-corrected chi connectivity index (χ1v) is 9.84. The summed E-state index contributed by atoms with van der Waals surface area (Å²) in [6.45, 7) is 5.52. The van der Waals surface area contributed by atoms with Gasteiger partial charge in [0.2, 0.25) is 5.91 Å². The van der Waals surface area contributed by atoms with Crippen LogP contribution in [0, 0.1) is 0 Å². The van der Waals surface area contributed by atoms with E-state index in [9.17, 15) is 9.90 Å². The van der Waals surface area contributed by atoms with Crippen LogP contribution in [0.25, 0.3) is 10.8 Å². The summed E-state index contributed by atoms with van der Waals surface area (Å²) in [4.78, 5) is 11.7. The maximum atomic E-state index is 11.7. The Morgan fingerprint density at radius 2 is 2.00 bits per heavy atom. The molecule has 0 bridgehead atoms. The zero-order valence-electron chi connectivity index (χ0n) is 16.8. The predicted octanol–water partition coefficient (Wildman–Crippen LogP) is 2.10. The molecule has 7 heteroatoms. The second-order valence-electron chi connectivity index (χ2n) is 8.05. The first-order chi connectivity index (χ1) is 13.8. The van der Waals surface area contributed by atoms with E-state index < -0.39 is 36.4 Å². The van der Waals surface area contributed by atoms with Crippen molar-refractivity contribution in [3.8, 4) is 0 Å². The Morgan fingerprint density at radius 1 is 1.24 bits per heavy atom. The average Bonchev–Trinajstić information content (AvgIpc) is 2.68. The van der Waals surface area contributed by atoms with E-state index in [1.807, 2.05) is 30.3 Å². The first-order valence-electron chi connectivity index (χ1n) is 9.84. The molecule has 156 valence electrons. The number of carbonyl (C=O) groups is 1. The Labute approximate surface area is 169 Å². The highest BCUT2D eigenvalue weighted by atomic mass is 16.8. The van der Waals surface area contributed by atoms with Crippen molar-refractivity contribution in [1.29, 1.82) is 0 Å². The third kappa shape index (κ3) is 4.44. The van der Waals surface area contributed by atoms with Crippen LogP contribution in [0.15, 0.2) is 42.5 Å². The topological polar surface area (TPSA) is 86.3 Å². The standard InChI is InChI=1S/C22H27NO6/c1-13(24)23-18-19(25)20-17(12-27-22(2,3)29-20)28-21(18)26-11-14-8-9-15-6-4-5-7-16(15)10-14/h4-10,17-21,25H,11-12H2,1-3H3,(H,23,24)/t17-,18+,19+,20-,21-/m1/s1. The number of amides is 1. The summed E-state index contributed by atoms with van der Waals surface area (Å²) in [7, 11) is 0. The summed E-state index contributed by atoms with van der Waals surface area (Å²) in [6, 6.07) is 13.4. The number of rotatable bonds is 4. The molecule has 0 aromatic heterocycles. The molecule has 2 aromatic rings. The van der Waals surface area contributed by atoms with Gasteiger partial charge in [0.1, 0.15) is 24.4 Å². The molecule has 0 unspecified atom stereocenters. The zero-order valence-corrected chi connectivity index (χ0v) is 16.8. The summed E-state index contributed by atoms with van der Waals surface area (Å²) in [6.07, 6.45) is -2.90. The normalized spacial score (nSPS) is 31.2. The van der Waals surface area contributed by atoms with E-state index >= 15 is 0 Å². The average molecular weight is 401 g/mol. The lowest BCUT2D eigenvalue weighted by Crippen LogP contribution is -2.68. The minimum atomic E-state index is -0.984. The molecule has 7 nitrogen and oxygen atoms in total. The predicted molar refractivity (Wildman–Crippen MR) is 106 cm³/mol. The summed E-state index contributed by atoms with van der Waals surface area (Å²) in [5.74, 6) is -1.10. The first kappa shape index (κ1) is 20.3. The van der Waals surface area contributed by atoms with E-state index in [-0.39, 0.29) is 19.1 Å². The number of fused-ring (bicyclic) bond motifs is 2. The van der Waals surface area contributed by atoms with Gasteiger partial charge in [0.25, 0.3) is 0 Å². The molecule has 2 saturated heterocycles. The monoisotopic (exact) mass is 401 g/mol. The molecule has 2 aliphatic heterocycles. The Kier molecular flexibility index (Phi) is 5.59. The molecular weight excluding hydrogens is 374 g/mol. The second kappa shape index (κ2) is 8.01. The summed E-state index contributed by atoms with van der Waals surface area (Å²) < 4.78 is 23.5. The molecule has 1 amide bonds. The number of carbonyl (C=O) groups excluding carboxylic acids is 1. The lowest BCUT2D eigenvalue weighted by Gasteiger charge is -2.49. The molecule has 2 heterocycles. The zero-order chi connectivity index (χ0) is 20.6. The van der Waals surface area contributed by atoms with Crippen molar-refractivity contribution in [2.24, 2.45) is 0 Å². The van der Waals surface area contributed by atoms with Crippen LogP contribution in [0.1, 0.15) is 26.3 Å². The Hall–Kier alpha value is -2.03. The van der Waals surface area contributed by atoms with Crippen molar-refractivity contribution < 1.29 is 28.8 Å². The van der Waals surface area contributed by atoms with Crippen molar-refractivity contribution in [2.75, 3.05) is 6.61 Å². The molecular formula is C22H27NO6. The lowest BCUT2D eigenvalue weighted by molar-refractivity contribution is -0.369. The molecule has 0 aliphatic carbocycles. The quantitative estimate of drug-likeness (QED) is 0.816. The van der Waals surface area contributed by atoms with Crippen molar-refractivity contribution in [1.82, 2.24) is 5.32 Å². The molecule has 2 aliphatic rings. The summed E-state index contributed by atoms with van der Waals surface area (Å²) in [5.41, 5.74) is 0.975. The van der Waals surface area contributed by atoms with Gasteiger partial charge >= 0.3 is 0 Å². The number of aliphatic hydroxyl groups excluding tert-OH is 1. The molecule has 2 fully saturated rings. The molecule has 0 spiro atoms. The lowest BCUT2D eigenvalue weighted by atomic mass is 9.95. The van der Waals surface area contributed by atoms with Gasteiger partial charge in [-0.1, -0.05) is 36.4 Å². The minimum absolute atomic E-state index is 0.275. The van der Waals surface area contributed by atoms with Gasteiger partial charge in [0, 0.05) is 6.92 Å². The number of aliphatic hydroxyl groups is 1. The van der Waals surface area contributed by atoms with Crippen molar-refractivity contribution in [3.05, 3.63) is 48.0 Å². The maximum absolute atomic E-state index is 11.7. The third-order valence-electron chi connectivity index (χ3n) is 5.29. The largest absolute Gasteiger partial charge is 0.388 e. The second-order valence-corrected chi connectivity index (χ2v) is 8.05. The van der Waals surface area contributed by atoms with E-state index in [1.54, 1.807) is 13.8 Å². The summed E-state index contributed by atoms with van der Waals surface area (Å²) in [5, 5.41) is 15.9. The number of nitrogens with one attached hydrogen (secondary N) is 1. The van der Waals surface area contributed by atoms with Gasteiger partial charge < -0.3 is 29.4 Å². The molecule has 4 rings (SSSR count). The van der Waals surface area contributed by atoms with Gasteiger partial charge in [-0.3, -0.25) is 4.79 Å². The van der Waals surface area contributed by atoms with Crippen LogP contribution < -0.4 is 5.32 Å². The Morgan fingerprint density at radius 3 is 2.76 bits per heavy atom. The van der Waals surface area contributed by atoms with Gasteiger partial charge in [-0.25, -0.2) is 0 Å². The summed E-state index contributed by atoms with van der Waals surface area (Å²) >= 11 is 0. The van der Waals surface area contributed by atoms with Gasteiger partial charge in [-0.2, -0.15) is 0 Å². The highest BCUT2D eigenvalue weighted by Crippen LogP contribution is 2.33. The molecule has 0 saturated carbocycles. The number of hydrogen-bond acceptors (Lipinski definition) is 6. The van der Waals surface area contributed by atoms with E-state index in [0.717, 1.165) is 16.3 Å². The van der Waals surface area contributed by atoms with Crippen LogP contribution in [-0.4, -0.2) is 54.1 Å². The van der Waals surface area contributed by atoms with Crippen LogP contribution in [0.3, 0.4) is 0 Å². The molecule has 5 atom stereocenters. The smallest absolute Gasteiger partial charge is 0.217 e. The van der Waals surface area contributed by atoms with Gasteiger partial charge in [-0.15, -0.1) is 0 Å². The van der Waals surface area contributed by atoms with Crippen molar-refractivity contribution in [3.63, 3.8) is 0 Å². The molecule has 0 radical (unpaired) electrons. The van der Waals surface area contributed by atoms with Crippen LogP contribution in [0.2, 0.25) is 0 Å². The highest BCUT2D eigenvalue weighted by Gasteiger charge is 2.51. The van der Waals surface area contributed by atoms with Crippen LogP contribution in [0.5, 0.6) is 0 Å². The fourth-order valence-corrected chi connectivity index (χ4v) is 3.88. The number of hydrogen-bond donors (Lipinski definition) is 2. The van der Waals surface area contributed by atoms with Crippen molar-refractivity contribution in [2.45, 2.75) is 63.8 Å². The fourth-order valence-electron chi connectivity index (χ4n) is 3.88. The van der Waals surface area contributed by atoms with E-state index in [4.69, 9.17) is 18.9 Å². The van der Waals surface area contributed by atoms with Crippen LogP contribution >= 0.6 is 0 Å². The van der Waals surface area contributed by atoms with E-state index in [2.05, 4.69) is 17.4 Å². The number of benzene rings is 2. The van der Waals surface area contributed by atoms with Gasteiger partial charge in [-0.05, 0) is 36.2 Å². The molecule has 2 N–H and O–H groups in total. The fraction of sp³-hybridized carbons (Fsp3) is 0.500. The Balaban J connectivity index is 1.50. The molecule has 29 heavy (non-hydrogen) atoms.